The molecule has 160 valence electrons. The maximum absolute atomic E-state index is 13.2. The molecule has 0 aliphatic heterocycles. The van der Waals surface area contributed by atoms with Crippen LogP contribution in [0, 0.1) is 11.8 Å². The van der Waals surface area contributed by atoms with E-state index in [0.29, 0.717) is 37.0 Å². The third kappa shape index (κ3) is 5.71. The summed E-state index contributed by atoms with van der Waals surface area (Å²) in [7, 11) is 0. The molecular formula is C24H31N3O3. The van der Waals surface area contributed by atoms with Crippen LogP contribution in [-0.4, -0.2) is 35.0 Å². The van der Waals surface area contributed by atoms with E-state index >= 15 is 0 Å². The van der Waals surface area contributed by atoms with Crippen LogP contribution in [0.5, 0.6) is 0 Å². The summed E-state index contributed by atoms with van der Waals surface area (Å²) in [6.45, 7) is 1.68. The minimum Gasteiger partial charge on any atom is -0.359 e. The minimum absolute atomic E-state index is 0.0961. The summed E-state index contributed by atoms with van der Waals surface area (Å²) in [6, 6.07) is 11.9. The van der Waals surface area contributed by atoms with E-state index < -0.39 is 0 Å². The molecule has 1 N–H and O–H groups in total. The predicted octanol–water partition coefficient (Wildman–Crippen LogP) is 3.97. The Kier molecular flexibility index (Phi) is 6.82. The number of hydrogen-bond donors (Lipinski definition) is 1. The molecule has 0 atom stereocenters. The molecule has 2 saturated carbocycles. The van der Waals surface area contributed by atoms with Crippen molar-refractivity contribution < 1.29 is 14.1 Å². The predicted molar refractivity (Wildman–Crippen MR) is 114 cm³/mol. The first kappa shape index (κ1) is 20.6. The van der Waals surface area contributed by atoms with Gasteiger partial charge in [0.2, 0.25) is 5.91 Å². The number of rotatable bonds is 9. The Morgan fingerprint density at radius 3 is 2.57 bits per heavy atom. The van der Waals surface area contributed by atoms with Gasteiger partial charge in [0.15, 0.2) is 11.5 Å². The standard InChI is InChI=1S/C24H31N3O3/c28-23(25-16-19-11-12-19)22-15-21(30-26-22)17-27(14-13-18-7-3-1-4-8-18)24(29)20-9-5-2-6-10-20/h1,3-4,7-8,15,19-20H,2,5-6,9-14,16-17H2,(H,25,28). The third-order valence-corrected chi connectivity index (χ3v) is 6.17. The van der Waals surface area contributed by atoms with Gasteiger partial charge in [-0.15, -0.1) is 0 Å². The first-order chi connectivity index (χ1) is 14.7. The van der Waals surface area contributed by atoms with Crippen LogP contribution < -0.4 is 5.32 Å². The van der Waals surface area contributed by atoms with Crippen molar-refractivity contribution in [1.82, 2.24) is 15.4 Å². The lowest BCUT2D eigenvalue weighted by molar-refractivity contribution is -0.137. The average molecular weight is 410 g/mol. The number of hydrogen-bond acceptors (Lipinski definition) is 4. The Morgan fingerprint density at radius 1 is 1.07 bits per heavy atom. The first-order valence-corrected chi connectivity index (χ1v) is 11.3. The molecule has 6 nitrogen and oxygen atoms in total. The maximum Gasteiger partial charge on any atom is 0.273 e. The SMILES string of the molecule is O=C(NCC1CC1)c1cc(CN(CCc2ccccc2)C(=O)C2CCCCC2)on1. The highest BCUT2D eigenvalue weighted by atomic mass is 16.5. The van der Waals surface area contributed by atoms with Gasteiger partial charge in [0.05, 0.1) is 6.54 Å². The molecule has 2 fully saturated rings. The average Bonchev–Trinajstić information content (AvgIpc) is 3.51. The Balaban J connectivity index is 1.40. The summed E-state index contributed by atoms with van der Waals surface area (Å²) in [4.78, 5) is 27.4. The van der Waals surface area contributed by atoms with Crippen LogP contribution in [0.1, 0.15) is 66.8 Å². The highest BCUT2D eigenvalue weighted by Gasteiger charge is 2.27. The maximum atomic E-state index is 13.2. The minimum atomic E-state index is -0.202. The quantitative estimate of drug-likeness (QED) is 0.680. The van der Waals surface area contributed by atoms with E-state index in [2.05, 4.69) is 22.6 Å². The molecule has 0 bridgehead atoms. The fourth-order valence-corrected chi connectivity index (χ4v) is 4.12. The van der Waals surface area contributed by atoms with Crippen LogP contribution in [0.2, 0.25) is 0 Å². The van der Waals surface area contributed by atoms with Gasteiger partial charge in [-0.3, -0.25) is 9.59 Å². The third-order valence-electron chi connectivity index (χ3n) is 6.17. The highest BCUT2D eigenvalue weighted by molar-refractivity contribution is 5.92. The van der Waals surface area contributed by atoms with Gasteiger partial charge in [-0.2, -0.15) is 0 Å². The molecule has 0 radical (unpaired) electrons. The lowest BCUT2D eigenvalue weighted by atomic mass is 9.88. The lowest BCUT2D eigenvalue weighted by Crippen LogP contribution is -2.37. The number of nitrogens with zero attached hydrogens (tertiary/aromatic N) is 2. The first-order valence-electron chi connectivity index (χ1n) is 11.3. The smallest absolute Gasteiger partial charge is 0.273 e. The normalized spacial score (nSPS) is 16.9. The summed E-state index contributed by atoms with van der Waals surface area (Å²) in [5.41, 5.74) is 1.50. The van der Waals surface area contributed by atoms with E-state index in [-0.39, 0.29) is 17.7 Å². The molecule has 2 amide bonds. The Hall–Kier alpha value is -2.63. The summed E-state index contributed by atoms with van der Waals surface area (Å²) in [6.07, 6.45) is 8.55. The Morgan fingerprint density at radius 2 is 1.83 bits per heavy atom. The Bertz CT molecular complexity index is 838. The molecule has 2 aromatic rings. The van der Waals surface area contributed by atoms with E-state index in [1.165, 1.54) is 24.8 Å². The molecule has 6 heteroatoms. The molecule has 1 aromatic heterocycles. The molecule has 0 spiro atoms. The zero-order valence-electron chi connectivity index (χ0n) is 17.5. The molecule has 30 heavy (non-hydrogen) atoms. The molecule has 2 aliphatic carbocycles. The van der Waals surface area contributed by atoms with Crippen LogP contribution in [0.4, 0.5) is 0 Å². The number of amides is 2. The van der Waals surface area contributed by atoms with Crippen LogP contribution in [-0.2, 0) is 17.8 Å². The summed E-state index contributed by atoms with van der Waals surface area (Å²) in [5, 5.41) is 6.84. The van der Waals surface area contributed by atoms with Crippen LogP contribution in [0.15, 0.2) is 40.9 Å². The molecule has 1 aromatic carbocycles. The molecule has 2 aliphatic rings. The van der Waals surface area contributed by atoms with E-state index in [9.17, 15) is 9.59 Å². The van der Waals surface area contributed by atoms with E-state index in [4.69, 9.17) is 4.52 Å². The highest BCUT2D eigenvalue weighted by Crippen LogP contribution is 2.28. The van der Waals surface area contributed by atoms with Crippen molar-refractivity contribution in [1.29, 1.82) is 0 Å². The van der Waals surface area contributed by atoms with Crippen molar-refractivity contribution >= 4 is 11.8 Å². The molecular weight excluding hydrogens is 378 g/mol. The molecule has 1 heterocycles. The fraction of sp³-hybridized carbons (Fsp3) is 0.542. The topological polar surface area (TPSA) is 75.4 Å². The lowest BCUT2D eigenvalue weighted by Gasteiger charge is -2.28. The van der Waals surface area contributed by atoms with Crippen LogP contribution in [0.3, 0.4) is 0 Å². The monoisotopic (exact) mass is 409 g/mol. The van der Waals surface area contributed by atoms with Crippen molar-refractivity contribution in [2.45, 2.75) is 57.9 Å². The number of benzene rings is 1. The van der Waals surface area contributed by atoms with Gasteiger partial charge in [-0.1, -0.05) is 54.8 Å². The van der Waals surface area contributed by atoms with Gasteiger partial charge in [0.1, 0.15) is 0 Å². The zero-order valence-corrected chi connectivity index (χ0v) is 17.5. The van der Waals surface area contributed by atoms with Crippen LogP contribution in [0.25, 0.3) is 0 Å². The van der Waals surface area contributed by atoms with Crippen molar-refractivity contribution in [3.63, 3.8) is 0 Å². The van der Waals surface area contributed by atoms with Gasteiger partial charge >= 0.3 is 0 Å². The van der Waals surface area contributed by atoms with Gasteiger partial charge in [-0.25, -0.2) is 0 Å². The van der Waals surface area contributed by atoms with E-state index in [1.54, 1.807) is 6.07 Å². The van der Waals surface area contributed by atoms with Gasteiger partial charge in [-0.05, 0) is 43.6 Å². The van der Waals surface area contributed by atoms with E-state index in [0.717, 1.165) is 32.1 Å². The second-order valence-corrected chi connectivity index (χ2v) is 8.66. The van der Waals surface area contributed by atoms with Gasteiger partial charge in [0.25, 0.3) is 5.91 Å². The molecule has 0 saturated heterocycles. The second kappa shape index (κ2) is 9.92. The number of carbonyl (C=O) groups excluding carboxylic acids is 2. The van der Waals surface area contributed by atoms with Crippen molar-refractivity contribution in [2.75, 3.05) is 13.1 Å². The molecule has 4 rings (SSSR count). The largest absolute Gasteiger partial charge is 0.359 e. The van der Waals surface area contributed by atoms with Crippen molar-refractivity contribution in [2.24, 2.45) is 11.8 Å². The number of nitrogens with one attached hydrogen (secondary N) is 1. The van der Waals surface area contributed by atoms with Crippen molar-refractivity contribution in [3.05, 3.63) is 53.4 Å². The van der Waals surface area contributed by atoms with Gasteiger partial charge in [0, 0.05) is 25.1 Å². The summed E-state index contributed by atoms with van der Waals surface area (Å²) >= 11 is 0. The number of carbonyl (C=O) groups is 2. The van der Waals surface area contributed by atoms with Crippen LogP contribution >= 0.6 is 0 Å². The summed E-state index contributed by atoms with van der Waals surface area (Å²) < 4.78 is 5.42. The van der Waals surface area contributed by atoms with Gasteiger partial charge < -0.3 is 14.7 Å². The Labute approximate surface area is 178 Å². The second-order valence-electron chi connectivity index (χ2n) is 8.66. The molecule has 0 unspecified atom stereocenters. The zero-order chi connectivity index (χ0) is 20.8. The summed E-state index contributed by atoms with van der Waals surface area (Å²) in [5.74, 6) is 1.26. The number of aromatic nitrogens is 1. The van der Waals surface area contributed by atoms with Crippen molar-refractivity contribution in [3.8, 4) is 0 Å². The van der Waals surface area contributed by atoms with E-state index in [1.807, 2.05) is 23.1 Å². The fourth-order valence-electron chi connectivity index (χ4n) is 4.12.